The number of rotatable bonds is 3. The lowest BCUT2D eigenvalue weighted by molar-refractivity contribution is -0.385. The molecule has 88 valence electrons. The first kappa shape index (κ1) is 11.9. The fourth-order valence-electron chi connectivity index (χ4n) is 1.36. The lowest BCUT2D eigenvalue weighted by Gasteiger charge is -2.02. The summed E-state index contributed by atoms with van der Waals surface area (Å²) in [6.45, 7) is 0.407. The molecule has 0 radical (unpaired) electrons. The van der Waals surface area contributed by atoms with Gasteiger partial charge in [0.2, 0.25) is 0 Å². The van der Waals surface area contributed by atoms with Gasteiger partial charge in [-0.2, -0.15) is 5.10 Å². The molecule has 0 saturated heterocycles. The molecule has 0 unspecified atom stereocenters. The predicted molar refractivity (Wildman–Crippen MR) is 64.4 cm³/mol. The van der Waals surface area contributed by atoms with Crippen LogP contribution in [0.5, 0.6) is 0 Å². The summed E-state index contributed by atoms with van der Waals surface area (Å²) in [7, 11) is 0. The second-order valence-corrected chi connectivity index (χ2v) is 4.22. The van der Waals surface area contributed by atoms with Crippen LogP contribution in [0.4, 0.5) is 5.69 Å². The molecule has 0 atom stereocenters. The number of hydrogen-bond donors (Lipinski definition) is 0. The Morgan fingerprint density at radius 3 is 2.71 bits per heavy atom. The number of halogens is 2. The van der Waals surface area contributed by atoms with Crippen LogP contribution in [0.3, 0.4) is 0 Å². The van der Waals surface area contributed by atoms with Crippen LogP contribution in [0.25, 0.3) is 0 Å². The van der Waals surface area contributed by atoms with E-state index in [0.717, 1.165) is 5.56 Å². The Bertz CT molecular complexity index is 568. The van der Waals surface area contributed by atoms with E-state index in [-0.39, 0.29) is 5.69 Å². The van der Waals surface area contributed by atoms with Crippen LogP contribution < -0.4 is 0 Å². The van der Waals surface area contributed by atoms with E-state index >= 15 is 0 Å². The Labute approximate surface area is 107 Å². The molecule has 1 heterocycles. The molecule has 0 bridgehead atoms. The molecule has 17 heavy (non-hydrogen) atoms. The van der Waals surface area contributed by atoms with E-state index in [1.165, 1.54) is 17.1 Å². The minimum Gasteiger partial charge on any atom is -0.261 e. The molecule has 0 saturated carbocycles. The minimum absolute atomic E-state index is 0.0370. The average molecular weight is 272 g/mol. The first-order valence-electron chi connectivity index (χ1n) is 4.67. The van der Waals surface area contributed by atoms with Gasteiger partial charge in [0, 0.05) is 0 Å². The highest BCUT2D eigenvalue weighted by Gasteiger charge is 2.09. The quantitative estimate of drug-likeness (QED) is 0.637. The average Bonchev–Trinajstić information content (AvgIpc) is 2.72. The molecule has 0 aliphatic heterocycles. The van der Waals surface area contributed by atoms with Gasteiger partial charge in [0.15, 0.2) is 0 Å². The van der Waals surface area contributed by atoms with Crippen molar-refractivity contribution in [1.29, 1.82) is 0 Å². The van der Waals surface area contributed by atoms with Gasteiger partial charge in [-0.25, -0.2) is 0 Å². The molecule has 2 rings (SSSR count). The Morgan fingerprint density at radius 2 is 2.12 bits per heavy atom. The van der Waals surface area contributed by atoms with Crippen LogP contribution in [0.1, 0.15) is 5.56 Å². The van der Waals surface area contributed by atoms with Crippen molar-refractivity contribution >= 4 is 28.9 Å². The first-order valence-corrected chi connectivity index (χ1v) is 5.42. The molecular formula is C10H7Cl2N3O2. The van der Waals surface area contributed by atoms with Gasteiger partial charge in [-0.3, -0.25) is 14.8 Å². The molecule has 2 aromatic rings. The Kier molecular flexibility index (Phi) is 3.31. The van der Waals surface area contributed by atoms with Crippen LogP contribution >= 0.6 is 23.2 Å². The van der Waals surface area contributed by atoms with E-state index in [9.17, 15) is 10.1 Å². The van der Waals surface area contributed by atoms with Gasteiger partial charge >= 0.3 is 5.69 Å². The molecule has 0 spiro atoms. The smallest absolute Gasteiger partial charge is 0.261 e. The molecule has 0 aliphatic rings. The summed E-state index contributed by atoms with van der Waals surface area (Å²) >= 11 is 11.7. The largest absolute Gasteiger partial charge is 0.307 e. The maximum atomic E-state index is 10.5. The van der Waals surface area contributed by atoms with Gasteiger partial charge in [0.1, 0.15) is 12.4 Å². The zero-order valence-corrected chi connectivity index (χ0v) is 10.0. The highest BCUT2D eigenvalue weighted by Crippen LogP contribution is 2.23. The van der Waals surface area contributed by atoms with E-state index in [1.54, 1.807) is 18.2 Å². The third kappa shape index (κ3) is 2.75. The summed E-state index contributed by atoms with van der Waals surface area (Å²) in [6, 6.07) is 5.18. The molecule has 0 aliphatic carbocycles. The van der Waals surface area contributed by atoms with Crippen LogP contribution in [-0.2, 0) is 6.54 Å². The van der Waals surface area contributed by atoms with Gasteiger partial charge in [-0.1, -0.05) is 29.3 Å². The summed E-state index contributed by atoms with van der Waals surface area (Å²) < 4.78 is 1.47. The van der Waals surface area contributed by atoms with E-state index in [1.807, 2.05) is 0 Å². The summed E-state index contributed by atoms with van der Waals surface area (Å²) in [4.78, 5) is 9.99. The number of nitrogens with zero attached hydrogens (tertiary/aromatic N) is 3. The Morgan fingerprint density at radius 1 is 1.35 bits per heavy atom. The summed E-state index contributed by atoms with van der Waals surface area (Å²) in [6.07, 6.45) is 2.57. The van der Waals surface area contributed by atoms with Crippen LogP contribution in [0, 0.1) is 10.1 Å². The molecule has 1 aromatic heterocycles. The van der Waals surface area contributed by atoms with E-state index in [4.69, 9.17) is 23.2 Å². The van der Waals surface area contributed by atoms with Crippen LogP contribution in [-0.4, -0.2) is 14.7 Å². The molecule has 0 fully saturated rings. The number of nitro groups is 1. The third-order valence-electron chi connectivity index (χ3n) is 2.16. The molecule has 0 N–H and O–H groups in total. The number of hydrogen-bond acceptors (Lipinski definition) is 3. The van der Waals surface area contributed by atoms with Gasteiger partial charge in [-0.15, -0.1) is 0 Å². The standard InChI is InChI=1S/C10H7Cl2N3O2/c11-9-2-1-7(3-10(9)12)5-14-6-8(4-13-14)15(16)17/h1-4,6H,5H2. The van der Waals surface area contributed by atoms with Gasteiger partial charge in [0.05, 0.1) is 21.5 Å². The van der Waals surface area contributed by atoms with Crippen molar-refractivity contribution in [2.24, 2.45) is 0 Å². The van der Waals surface area contributed by atoms with E-state index in [2.05, 4.69) is 5.10 Å². The number of benzene rings is 1. The summed E-state index contributed by atoms with van der Waals surface area (Å²) in [5.41, 5.74) is 0.836. The van der Waals surface area contributed by atoms with Crippen molar-refractivity contribution < 1.29 is 4.92 Å². The normalized spacial score (nSPS) is 10.5. The highest BCUT2D eigenvalue weighted by molar-refractivity contribution is 6.42. The fourth-order valence-corrected chi connectivity index (χ4v) is 1.68. The lowest BCUT2D eigenvalue weighted by atomic mass is 10.2. The van der Waals surface area contributed by atoms with Gasteiger partial charge < -0.3 is 0 Å². The zero-order valence-electron chi connectivity index (χ0n) is 8.51. The molecule has 5 nitrogen and oxygen atoms in total. The molecular weight excluding hydrogens is 265 g/mol. The topological polar surface area (TPSA) is 61.0 Å². The monoisotopic (exact) mass is 271 g/mol. The molecule has 7 heteroatoms. The summed E-state index contributed by atoms with van der Waals surface area (Å²) in [5, 5.41) is 15.3. The Hall–Kier alpha value is -1.59. The maximum absolute atomic E-state index is 10.5. The zero-order chi connectivity index (χ0) is 12.4. The molecule has 1 aromatic carbocycles. The molecule has 0 amide bonds. The lowest BCUT2D eigenvalue weighted by Crippen LogP contribution is -1.99. The van der Waals surface area contributed by atoms with Crippen molar-refractivity contribution in [3.05, 3.63) is 56.3 Å². The van der Waals surface area contributed by atoms with E-state index in [0.29, 0.717) is 16.6 Å². The summed E-state index contributed by atoms with van der Waals surface area (Å²) in [5.74, 6) is 0. The van der Waals surface area contributed by atoms with Gasteiger partial charge in [-0.05, 0) is 17.7 Å². The SMILES string of the molecule is O=[N+]([O-])c1cnn(Cc2ccc(Cl)c(Cl)c2)c1. The van der Waals surface area contributed by atoms with E-state index < -0.39 is 4.92 Å². The fraction of sp³-hybridized carbons (Fsp3) is 0.100. The number of aromatic nitrogens is 2. The maximum Gasteiger partial charge on any atom is 0.307 e. The van der Waals surface area contributed by atoms with Crippen molar-refractivity contribution in [1.82, 2.24) is 9.78 Å². The van der Waals surface area contributed by atoms with Crippen molar-refractivity contribution in [3.8, 4) is 0 Å². The second kappa shape index (κ2) is 4.73. The van der Waals surface area contributed by atoms with Crippen LogP contribution in [0.2, 0.25) is 10.0 Å². The van der Waals surface area contributed by atoms with Gasteiger partial charge in [0.25, 0.3) is 0 Å². The third-order valence-corrected chi connectivity index (χ3v) is 2.90. The van der Waals surface area contributed by atoms with Crippen molar-refractivity contribution in [3.63, 3.8) is 0 Å². The second-order valence-electron chi connectivity index (χ2n) is 3.40. The predicted octanol–water partition coefficient (Wildman–Crippen LogP) is 3.15. The van der Waals surface area contributed by atoms with Crippen molar-refractivity contribution in [2.75, 3.05) is 0 Å². The minimum atomic E-state index is -0.488. The Balaban J connectivity index is 2.19. The van der Waals surface area contributed by atoms with Crippen molar-refractivity contribution in [2.45, 2.75) is 6.54 Å². The highest BCUT2D eigenvalue weighted by atomic mass is 35.5. The first-order chi connectivity index (χ1) is 8.06. The van der Waals surface area contributed by atoms with Crippen LogP contribution in [0.15, 0.2) is 30.6 Å².